The van der Waals surface area contributed by atoms with Gasteiger partial charge in [0.1, 0.15) is 11.5 Å². The summed E-state index contributed by atoms with van der Waals surface area (Å²) in [5.74, 6) is 0.774. The van der Waals surface area contributed by atoms with Gasteiger partial charge in [-0.05, 0) is 44.2 Å². The Hall–Kier alpha value is -2.50. The second kappa shape index (κ2) is 8.93. The topological polar surface area (TPSA) is 67.9 Å². The lowest BCUT2D eigenvalue weighted by molar-refractivity contribution is -0.126. The zero-order valence-electron chi connectivity index (χ0n) is 16.1. The summed E-state index contributed by atoms with van der Waals surface area (Å²) in [5, 5.41) is 3.00. The fourth-order valence-corrected chi connectivity index (χ4v) is 3.75. The third-order valence-corrected chi connectivity index (χ3v) is 5.30. The minimum atomic E-state index is -0.339. The van der Waals surface area contributed by atoms with E-state index in [9.17, 15) is 9.59 Å². The third kappa shape index (κ3) is 4.62. The molecule has 1 saturated heterocycles. The van der Waals surface area contributed by atoms with Crippen molar-refractivity contribution < 1.29 is 19.1 Å². The molecule has 1 fully saturated rings. The number of rotatable bonds is 7. The van der Waals surface area contributed by atoms with Crippen molar-refractivity contribution >= 4 is 17.5 Å². The average Bonchev–Trinajstić information content (AvgIpc) is 3.09. The van der Waals surface area contributed by atoms with Gasteiger partial charge in [0.25, 0.3) is 0 Å². The molecule has 0 aromatic heterocycles. The highest BCUT2D eigenvalue weighted by molar-refractivity contribution is 6.01. The summed E-state index contributed by atoms with van der Waals surface area (Å²) in [7, 11) is 3.14. The molecule has 1 aromatic rings. The van der Waals surface area contributed by atoms with Crippen LogP contribution in [-0.4, -0.2) is 39.1 Å². The van der Waals surface area contributed by atoms with E-state index in [-0.39, 0.29) is 24.2 Å². The highest BCUT2D eigenvalue weighted by Gasteiger charge is 2.36. The molecule has 2 aliphatic rings. The Kier molecular flexibility index (Phi) is 6.37. The third-order valence-electron chi connectivity index (χ3n) is 5.30. The summed E-state index contributed by atoms with van der Waals surface area (Å²) in [6, 6.07) is 5.33. The van der Waals surface area contributed by atoms with Gasteiger partial charge in [-0.3, -0.25) is 9.59 Å². The van der Waals surface area contributed by atoms with Gasteiger partial charge in [0.05, 0.1) is 25.8 Å². The summed E-state index contributed by atoms with van der Waals surface area (Å²) in [6.45, 7) is 0.995. The molecule has 1 unspecified atom stereocenters. The maximum absolute atomic E-state index is 12.5. The lowest BCUT2D eigenvalue weighted by Gasteiger charge is -2.20. The number of hydrogen-bond donors (Lipinski definition) is 1. The first-order valence-corrected chi connectivity index (χ1v) is 9.60. The Morgan fingerprint density at radius 1 is 1.26 bits per heavy atom. The first-order chi connectivity index (χ1) is 13.1. The van der Waals surface area contributed by atoms with E-state index in [1.807, 2.05) is 0 Å². The molecule has 0 spiro atoms. The van der Waals surface area contributed by atoms with Gasteiger partial charge in [0.2, 0.25) is 11.8 Å². The molecular weight excluding hydrogens is 344 g/mol. The Morgan fingerprint density at radius 3 is 2.81 bits per heavy atom. The van der Waals surface area contributed by atoms with E-state index < -0.39 is 0 Å². The maximum Gasteiger partial charge on any atom is 0.227 e. The zero-order valence-corrected chi connectivity index (χ0v) is 16.1. The molecule has 6 heteroatoms. The first kappa shape index (κ1) is 19.3. The van der Waals surface area contributed by atoms with Crippen LogP contribution >= 0.6 is 0 Å². The first-order valence-electron chi connectivity index (χ1n) is 9.60. The lowest BCUT2D eigenvalue weighted by Crippen LogP contribution is -2.33. The molecule has 3 rings (SSSR count). The molecule has 1 atom stereocenters. The fraction of sp³-hybridized carbons (Fsp3) is 0.524. The van der Waals surface area contributed by atoms with Crippen molar-refractivity contribution in [2.24, 2.45) is 5.92 Å². The number of carbonyl (C=O) groups is 2. The van der Waals surface area contributed by atoms with Crippen molar-refractivity contribution in [3.63, 3.8) is 0 Å². The van der Waals surface area contributed by atoms with Crippen LogP contribution in [0.3, 0.4) is 0 Å². The van der Waals surface area contributed by atoms with E-state index in [0.29, 0.717) is 30.3 Å². The number of hydrogen-bond acceptors (Lipinski definition) is 4. The van der Waals surface area contributed by atoms with Crippen LogP contribution in [0.5, 0.6) is 11.5 Å². The van der Waals surface area contributed by atoms with Gasteiger partial charge >= 0.3 is 0 Å². The molecule has 0 bridgehead atoms. The van der Waals surface area contributed by atoms with Crippen LogP contribution in [0.15, 0.2) is 29.8 Å². The van der Waals surface area contributed by atoms with E-state index in [1.54, 1.807) is 37.3 Å². The van der Waals surface area contributed by atoms with Crippen molar-refractivity contribution in [2.45, 2.75) is 38.5 Å². The predicted octanol–water partition coefficient (Wildman–Crippen LogP) is 3.06. The Bertz CT molecular complexity index is 729. The lowest BCUT2D eigenvalue weighted by atomic mass is 9.97. The number of allylic oxidation sites excluding steroid dienone is 1. The molecule has 1 aromatic carbocycles. The van der Waals surface area contributed by atoms with E-state index in [1.165, 1.54) is 18.4 Å². The van der Waals surface area contributed by atoms with Crippen LogP contribution in [0.2, 0.25) is 0 Å². The summed E-state index contributed by atoms with van der Waals surface area (Å²) in [4.78, 5) is 26.7. The maximum atomic E-state index is 12.5. The Morgan fingerprint density at radius 2 is 2.11 bits per heavy atom. The number of nitrogens with zero attached hydrogens (tertiary/aromatic N) is 1. The van der Waals surface area contributed by atoms with Gasteiger partial charge in [0, 0.05) is 25.6 Å². The number of benzene rings is 1. The zero-order chi connectivity index (χ0) is 19.2. The van der Waals surface area contributed by atoms with E-state index in [0.717, 1.165) is 19.3 Å². The van der Waals surface area contributed by atoms with E-state index >= 15 is 0 Å². The summed E-state index contributed by atoms with van der Waals surface area (Å²) < 4.78 is 10.6. The van der Waals surface area contributed by atoms with Crippen molar-refractivity contribution in [3.05, 3.63) is 29.8 Å². The molecule has 1 aliphatic carbocycles. The average molecular weight is 372 g/mol. The van der Waals surface area contributed by atoms with Crippen molar-refractivity contribution in [3.8, 4) is 11.5 Å². The molecule has 0 saturated carbocycles. The predicted molar refractivity (Wildman–Crippen MR) is 104 cm³/mol. The molecular formula is C21H28N2O4. The molecule has 1 N–H and O–H groups in total. The normalized spacial score (nSPS) is 19.6. The van der Waals surface area contributed by atoms with Crippen molar-refractivity contribution in [2.75, 3.05) is 32.2 Å². The van der Waals surface area contributed by atoms with Crippen molar-refractivity contribution in [1.82, 2.24) is 5.32 Å². The number of carbonyl (C=O) groups excluding carboxylic acids is 2. The van der Waals surface area contributed by atoms with Crippen LogP contribution in [0.25, 0.3) is 0 Å². The second-order valence-corrected chi connectivity index (χ2v) is 7.09. The summed E-state index contributed by atoms with van der Waals surface area (Å²) >= 11 is 0. The van der Waals surface area contributed by atoms with E-state index in [4.69, 9.17) is 9.47 Å². The number of anilines is 1. The van der Waals surface area contributed by atoms with Crippen molar-refractivity contribution in [1.29, 1.82) is 0 Å². The monoisotopic (exact) mass is 372 g/mol. The summed E-state index contributed by atoms with van der Waals surface area (Å²) in [5.41, 5.74) is 2.08. The number of nitrogens with one attached hydrogen (secondary N) is 1. The number of methoxy groups -OCH3 is 2. The number of ether oxygens (including phenoxy) is 2. The number of amides is 2. The van der Waals surface area contributed by atoms with Crippen LogP contribution in [-0.2, 0) is 9.59 Å². The van der Waals surface area contributed by atoms with Gasteiger partial charge in [0.15, 0.2) is 0 Å². The van der Waals surface area contributed by atoms with Crippen LogP contribution in [0.4, 0.5) is 5.69 Å². The van der Waals surface area contributed by atoms with E-state index in [2.05, 4.69) is 11.4 Å². The molecule has 1 heterocycles. The largest absolute Gasteiger partial charge is 0.497 e. The fourth-order valence-electron chi connectivity index (χ4n) is 3.75. The molecule has 0 radical (unpaired) electrons. The minimum Gasteiger partial charge on any atom is -0.497 e. The molecule has 146 valence electrons. The highest BCUT2D eigenvalue weighted by atomic mass is 16.5. The van der Waals surface area contributed by atoms with Crippen LogP contribution in [0.1, 0.15) is 38.5 Å². The smallest absolute Gasteiger partial charge is 0.227 e. The van der Waals surface area contributed by atoms with Crippen LogP contribution in [0, 0.1) is 5.92 Å². The van der Waals surface area contributed by atoms with Gasteiger partial charge in [-0.1, -0.05) is 11.6 Å². The van der Waals surface area contributed by atoms with Gasteiger partial charge in [-0.15, -0.1) is 0 Å². The van der Waals surface area contributed by atoms with Gasteiger partial charge in [-0.2, -0.15) is 0 Å². The molecule has 1 aliphatic heterocycles. The quantitative estimate of drug-likeness (QED) is 0.747. The molecule has 6 nitrogen and oxygen atoms in total. The second-order valence-electron chi connectivity index (χ2n) is 7.09. The van der Waals surface area contributed by atoms with Crippen LogP contribution < -0.4 is 19.7 Å². The Balaban J connectivity index is 1.59. The van der Waals surface area contributed by atoms with Gasteiger partial charge < -0.3 is 19.7 Å². The SMILES string of the molecule is COc1ccc(OC)c(N2CC(C(=O)NCCC3=CCCCC3)CC2=O)c1. The minimum absolute atomic E-state index is 0.0517. The standard InChI is InChI=1S/C21H28N2O4/c1-26-17-8-9-19(27-2)18(13-17)23-14-16(12-20(23)24)21(25)22-11-10-15-6-4-3-5-7-15/h6,8-9,13,16H,3-5,7,10-12,14H2,1-2H3,(H,22,25). The molecule has 27 heavy (non-hydrogen) atoms. The van der Waals surface area contributed by atoms with Gasteiger partial charge in [-0.25, -0.2) is 0 Å². The highest BCUT2D eigenvalue weighted by Crippen LogP contribution is 2.36. The summed E-state index contributed by atoms with van der Waals surface area (Å²) in [6.07, 6.45) is 8.22. The Labute approximate surface area is 160 Å². The molecule has 2 amide bonds.